The maximum absolute atomic E-state index is 11.6. The summed E-state index contributed by atoms with van der Waals surface area (Å²) < 4.78 is 20.1. The van der Waals surface area contributed by atoms with E-state index >= 15 is 0 Å². The van der Waals surface area contributed by atoms with Gasteiger partial charge in [-0.05, 0) is 36.4 Å². The van der Waals surface area contributed by atoms with E-state index in [1.807, 2.05) is 12.1 Å². The fourth-order valence-electron chi connectivity index (χ4n) is 1.76. The Morgan fingerprint density at radius 3 is 2.73 bits per heavy atom. The molecule has 0 atom stereocenters. The Labute approximate surface area is 125 Å². The van der Waals surface area contributed by atoms with Crippen LogP contribution in [-0.4, -0.2) is 23.2 Å². The van der Waals surface area contributed by atoms with Gasteiger partial charge in [0.15, 0.2) is 6.61 Å². The summed E-state index contributed by atoms with van der Waals surface area (Å²) in [6.45, 7) is -0.122. The van der Waals surface area contributed by atoms with E-state index in [2.05, 4.69) is 10.1 Å². The molecule has 0 aliphatic heterocycles. The predicted octanol–water partition coefficient (Wildman–Crippen LogP) is 2.70. The maximum atomic E-state index is 11.6. The highest BCUT2D eigenvalue weighted by molar-refractivity contribution is 5.86. The van der Waals surface area contributed by atoms with Gasteiger partial charge in [-0.15, -0.1) is 0 Å². The van der Waals surface area contributed by atoms with Crippen molar-refractivity contribution >= 4 is 5.97 Å². The van der Waals surface area contributed by atoms with Crippen LogP contribution in [0.2, 0.25) is 0 Å². The average molecular weight is 300 g/mol. The quantitative estimate of drug-likeness (QED) is 0.669. The van der Waals surface area contributed by atoms with Crippen LogP contribution in [0.15, 0.2) is 51.6 Å². The number of carbonyl (C=O) groups is 1. The lowest BCUT2D eigenvalue weighted by Crippen LogP contribution is -2.04. The normalized spacial score (nSPS) is 10.4. The van der Waals surface area contributed by atoms with E-state index in [1.54, 1.807) is 25.3 Å². The molecule has 2 heterocycles. The molecule has 0 radical (unpaired) electrons. The summed E-state index contributed by atoms with van der Waals surface area (Å²) in [4.78, 5) is 15.8. The van der Waals surface area contributed by atoms with Crippen molar-refractivity contribution in [2.45, 2.75) is 6.61 Å². The van der Waals surface area contributed by atoms with Crippen LogP contribution < -0.4 is 4.74 Å². The van der Waals surface area contributed by atoms with E-state index in [9.17, 15) is 4.79 Å². The summed E-state index contributed by atoms with van der Waals surface area (Å²) in [6.07, 6.45) is 1.39. The summed E-state index contributed by atoms with van der Waals surface area (Å²) in [6, 6.07) is 10.3. The molecule has 3 aromatic rings. The average Bonchev–Trinajstić information content (AvgIpc) is 3.24. The number of hydrogen-bond acceptors (Lipinski definition) is 7. The van der Waals surface area contributed by atoms with Crippen LogP contribution in [-0.2, 0) is 11.3 Å². The predicted molar refractivity (Wildman–Crippen MR) is 74.1 cm³/mol. The van der Waals surface area contributed by atoms with Gasteiger partial charge in [-0.3, -0.25) is 0 Å². The van der Waals surface area contributed by atoms with Gasteiger partial charge in [-0.25, -0.2) is 4.79 Å². The second-order valence-electron chi connectivity index (χ2n) is 4.29. The molecule has 0 saturated heterocycles. The molecule has 0 bridgehead atoms. The van der Waals surface area contributed by atoms with Gasteiger partial charge >= 0.3 is 5.97 Å². The van der Waals surface area contributed by atoms with Crippen molar-refractivity contribution in [2.24, 2.45) is 0 Å². The molecular weight excluding hydrogens is 288 g/mol. The molecule has 0 amide bonds. The minimum Gasteiger partial charge on any atom is -0.497 e. The highest BCUT2D eigenvalue weighted by Crippen LogP contribution is 2.20. The van der Waals surface area contributed by atoms with Gasteiger partial charge in [-0.2, -0.15) is 4.98 Å². The number of nitrogens with zero attached hydrogens (tertiary/aromatic N) is 2. The molecule has 0 aliphatic carbocycles. The number of benzene rings is 1. The Balaban J connectivity index is 1.64. The first-order chi connectivity index (χ1) is 10.8. The first-order valence-corrected chi connectivity index (χ1v) is 6.44. The molecule has 7 nitrogen and oxygen atoms in total. The lowest BCUT2D eigenvalue weighted by Gasteiger charge is -1.99. The van der Waals surface area contributed by atoms with E-state index in [0.29, 0.717) is 5.82 Å². The van der Waals surface area contributed by atoms with Crippen molar-refractivity contribution in [2.75, 3.05) is 7.11 Å². The molecule has 0 saturated carbocycles. The summed E-state index contributed by atoms with van der Waals surface area (Å²) in [5.41, 5.74) is 0.771. The number of aromatic nitrogens is 2. The molecule has 0 unspecified atom stereocenters. The Kier molecular flexibility index (Phi) is 3.86. The molecule has 112 valence electrons. The number of rotatable bonds is 5. The number of hydrogen-bond donors (Lipinski definition) is 0. The fourth-order valence-corrected chi connectivity index (χ4v) is 1.76. The molecule has 2 aromatic heterocycles. The smallest absolute Gasteiger partial charge is 0.374 e. The molecule has 7 heteroatoms. The van der Waals surface area contributed by atoms with Gasteiger partial charge in [0.25, 0.3) is 5.89 Å². The van der Waals surface area contributed by atoms with Crippen LogP contribution in [0, 0.1) is 0 Å². The Morgan fingerprint density at radius 2 is 2.05 bits per heavy atom. The fraction of sp³-hybridized carbons (Fsp3) is 0.133. The first kappa shape index (κ1) is 13.9. The molecule has 0 spiro atoms. The monoisotopic (exact) mass is 300 g/mol. The van der Waals surface area contributed by atoms with E-state index in [-0.39, 0.29) is 18.3 Å². The second-order valence-corrected chi connectivity index (χ2v) is 4.29. The van der Waals surface area contributed by atoms with Crippen molar-refractivity contribution in [3.63, 3.8) is 0 Å². The summed E-state index contributed by atoms with van der Waals surface area (Å²) >= 11 is 0. The third-order valence-corrected chi connectivity index (χ3v) is 2.87. The van der Waals surface area contributed by atoms with Crippen molar-refractivity contribution < 1.29 is 23.2 Å². The van der Waals surface area contributed by atoms with E-state index < -0.39 is 5.97 Å². The maximum Gasteiger partial charge on any atom is 0.374 e. The molecule has 0 aliphatic rings. The highest BCUT2D eigenvalue weighted by Gasteiger charge is 2.14. The lowest BCUT2D eigenvalue weighted by molar-refractivity contribution is 0.0393. The van der Waals surface area contributed by atoms with Gasteiger partial charge < -0.3 is 18.4 Å². The van der Waals surface area contributed by atoms with Gasteiger partial charge in [0.05, 0.1) is 13.4 Å². The minimum atomic E-state index is -0.589. The summed E-state index contributed by atoms with van der Waals surface area (Å²) in [5, 5.41) is 3.84. The molecule has 0 fully saturated rings. The largest absolute Gasteiger partial charge is 0.497 e. The molecular formula is C15H12N2O5. The second kappa shape index (κ2) is 6.13. The number of carbonyl (C=O) groups excluding carboxylic acids is 1. The first-order valence-electron chi connectivity index (χ1n) is 6.44. The third kappa shape index (κ3) is 2.98. The van der Waals surface area contributed by atoms with Crippen LogP contribution >= 0.6 is 0 Å². The zero-order valence-corrected chi connectivity index (χ0v) is 11.7. The van der Waals surface area contributed by atoms with Crippen LogP contribution in [0.3, 0.4) is 0 Å². The Hall–Kier alpha value is -3.09. The van der Waals surface area contributed by atoms with Crippen LogP contribution in [0.1, 0.15) is 16.4 Å². The van der Waals surface area contributed by atoms with Crippen LogP contribution in [0.4, 0.5) is 0 Å². The summed E-state index contributed by atoms with van der Waals surface area (Å²) in [7, 11) is 1.59. The zero-order chi connectivity index (χ0) is 15.4. The molecule has 22 heavy (non-hydrogen) atoms. The Bertz CT molecular complexity index is 747. The van der Waals surface area contributed by atoms with Gasteiger partial charge in [0.1, 0.15) is 5.75 Å². The third-order valence-electron chi connectivity index (χ3n) is 2.87. The lowest BCUT2D eigenvalue weighted by atomic mass is 10.2. The van der Waals surface area contributed by atoms with Crippen molar-refractivity contribution in [3.8, 4) is 17.1 Å². The minimum absolute atomic E-state index is 0.120. The SMILES string of the molecule is COc1ccc(-c2noc(COC(=O)c3ccco3)n2)cc1. The van der Waals surface area contributed by atoms with Gasteiger partial charge in [-0.1, -0.05) is 5.16 Å². The van der Waals surface area contributed by atoms with Crippen molar-refractivity contribution in [1.82, 2.24) is 10.1 Å². The van der Waals surface area contributed by atoms with Gasteiger partial charge in [0.2, 0.25) is 11.6 Å². The van der Waals surface area contributed by atoms with E-state index in [4.69, 9.17) is 18.4 Å². The van der Waals surface area contributed by atoms with E-state index in [1.165, 1.54) is 12.3 Å². The van der Waals surface area contributed by atoms with E-state index in [0.717, 1.165) is 11.3 Å². The number of ether oxygens (including phenoxy) is 2. The van der Waals surface area contributed by atoms with Crippen molar-refractivity contribution in [3.05, 3.63) is 54.3 Å². The topological polar surface area (TPSA) is 87.6 Å². The number of methoxy groups -OCH3 is 1. The van der Waals surface area contributed by atoms with Crippen LogP contribution in [0.5, 0.6) is 5.75 Å². The molecule has 1 aromatic carbocycles. The highest BCUT2D eigenvalue weighted by atomic mass is 16.6. The van der Waals surface area contributed by atoms with Crippen molar-refractivity contribution in [1.29, 1.82) is 0 Å². The Morgan fingerprint density at radius 1 is 1.23 bits per heavy atom. The number of esters is 1. The zero-order valence-electron chi connectivity index (χ0n) is 11.7. The van der Waals surface area contributed by atoms with Gasteiger partial charge in [0, 0.05) is 5.56 Å². The summed E-state index contributed by atoms with van der Waals surface area (Å²) in [5.74, 6) is 0.876. The molecule has 0 N–H and O–H groups in total. The standard InChI is InChI=1S/C15H12N2O5/c1-19-11-6-4-10(5-7-11)14-16-13(22-17-14)9-21-15(18)12-3-2-8-20-12/h2-8H,9H2,1H3. The molecule has 3 rings (SSSR count). The van der Waals surface area contributed by atoms with Crippen LogP contribution in [0.25, 0.3) is 11.4 Å². The number of furan rings is 1.